The molecule has 0 spiro atoms. The fourth-order valence-electron chi connectivity index (χ4n) is 2.17. The van der Waals surface area contributed by atoms with Crippen LogP contribution in [0.3, 0.4) is 0 Å². The topological polar surface area (TPSA) is 63.3 Å². The van der Waals surface area contributed by atoms with Gasteiger partial charge in [-0.1, -0.05) is 85.5 Å². The number of nitrogens with two attached hydrogens (primary N) is 1. The van der Waals surface area contributed by atoms with E-state index in [1.807, 2.05) is 34.6 Å². The van der Waals surface area contributed by atoms with Crippen molar-refractivity contribution in [3.8, 4) is 0 Å². The maximum Gasteiger partial charge on any atom is 0.303 e. The van der Waals surface area contributed by atoms with E-state index in [4.69, 9.17) is 10.8 Å². The highest BCUT2D eigenvalue weighted by Crippen LogP contribution is 2.19. The smallest absolute Gasteiger partial charge is 0.303 e. The number of aliphatic carboxylic acids is 1. The lowest BCUT2D eigenvalue weighted by molar-refractivity contribution is -0.137. The summed E-state index contributed by atoms with van der Waals surface area (Å²) in [5.74, 6) is -0.666. The SMILES string of the molecule is C=C(C)C1=CCCC=C1N.CC.CC.CCCCCCCCC(=O)O. The minimum absolute atomic E-state index is 0.339. The largest absolute Gasteiger partial charge is 0.481 e. The van der Waals surface area contributed by atoms with E-state index < -0.39 is 5.97 Å². The Balaban J connectivity index is -0.000000323. The van der Waals surface area contributed by atoms with Crippen LogP contribution in [-0.2, 0) is 4.79 Å². The van der Waals surface area contributed by atoms with Crippen molar-refractivity contribution in [2.45, 2.75) is 99.3 Å². The predicted octanol–water partition coefficient (Wildman–Crippen LogP) is 7.00. The van der Waals surface area contributed by atoms with Gasteiger partial charge in [0.05, 0.1) is 0 Å². The first kappa shape index (κ1) is 28.3. The molecule has 0 aromatic rings. The average Bonchev–Trinajstić information content (AvgIpc) is 2.62. The monoisotopic (exact) mass is 353 g/mol. The molecule has 25 heavy (non-hydrogen) atoms. The number of hydrogen-bond donors (Lipinski definition) is 2. The third-order valence-corrected chi connectivity index (χ3v) is 3.39. The van der Waals surface area contributed by atoms with E-state index in [9.17, 15) is 4.79 Å². The molecule has 148 valence electrons. The number of carboxylic acids is 1. The number of rotatable bonds is 8. The summed E-state index contributed by atoms with van der Waals surface area (Å²) in [5, 5.41) is 8.32. The zero-order valence-corrected chi connectivity index (χ0v) is 17.7. The van der Waals surface area contributed by atoms with E-state index in [1.54, 1.807) is 0 Å². The van der Waals surface area contributed by atoms with Gasteiger partial charge in [0.15, 0.2) is 0 Å². The number of unbranched alkanes of at least 4 members (excludes halogenated alkanes) is 5. The molecule has 0 amide bonds. The van der Waals surface area contributed by atoms with Crippen molar-refractivity contribution in [3.63, 3.8) is 0 Å². The molecule has 0 fully saturated rings. The van der Waals surface area contributed by atoms with Crippen molar-refractivity contribution in [2.24, 2.45) is 5.73 Å². The Morgan fingerprint density at radius 2 is 1.52 bits per heavy atom. The molecule has 3 heteroatoms. The molecule has 0 aliphatic heterocycles. The minimum Gasteiger partial charge on any atom is -0.481 e. The van der Waals surface area contributed by atoms with Gasteiger partial charge in [-0.3, -0.25) is 4.79 Å². The second-order valence-electron chi connectivity index (χ2n) is 5.55. The summed E-state index contributed by atoms with van der Waals surface area (Å²) in [6, 6.07) is 0. The van der Waals surface area contributed by atoms with Crippen LogP contribution in [0.25, 0.3) is 0 Å². The number of hydrogen-bond acceptors (Lipinski definition) is 2. The van der Waals surface area contributed by atoms with Crippen LogP contribution in [0.2, 0.25) is 0 Å². The first-order chi connectivity index (χ1) is 12.0. The van der Waals surface area contributed by atoms with Crippen LogP contribution in [0.15, 0.2) is 35.6 Å². The molecule has 0 bridgehead atoms. The molecular weight excluding hydrogens is 310 g/mol. The van der Waals surface area contributed by atoms with Gasteiger partial charge in [0.25, 0.3) is 0 Å². The molecule has 0 saturated carbocycles. The van der Waals surface area contributed by atoms with E-state index in [1.165, 1.54) is 25.7 Å². The second kappa shape index (κ2) is 22.5. The molecule has 0 radical (unpaired) electrons. The Kier molecular flexibility index (Phi) is 25.5. The molecule has 3 N–H and O–H groups in total. The van der Waals surface area contributed by atoms with Gasteiger partial charge in [-0.05, 0) is 37.3 Å². The summed E-state index contributed by atoms with van der Waals surface area (Å²) in [4.78, 5) is 10.1. The summed E-state index contributed by atoms with van der Waals surface area (Å²) >= 11 is 0. The molecule has 0 heterocycles. The van der Waals surface area contributed by atoms with Gasteiger partial charge in [-0.15, -0.1) is 0 Å². The predicted molar refractivity (Wildman–Crippen MR) is 113 cm³/mol. The van der Waals surface area contributed by atoms with Crippen LogP contribution in [0.5, 0.6) is 0 Å². The summed E-state index contributed by atoms with van der Waals surface area (Å²) in [5.41, 5.74) is 8.79. The van der Waals surface area contributed by atoms with Gasteiger partial charge in [-0.25, -0.2) is 0 Å². The summed E-state index contributed by atoms with van der Waals surface area (Å²) in [7, 11) is 0. The Labute approximate surface area is 157 Å². The van der Waals surface area contributed by atoms with Crippen molar-refractivity contribution in [1.29, 1.82) is 0 Å². The number of carbonyl (C=O) groups is 1. The zero-order valence-electron chi connectivity index (χ0n) is 17.7. The quantitative estimate of drug-likeness (QED) is 0.462. The van der Waals surface area contributed by atoms with E-state index in [0.29, 0.717) is 6.42 Å². The lowest BCUT2D eigenvalue weighted by Gasteiger charge is -2.11. The Bertz CT molecular complexity index is 381. The zero-order chi connectivity index (χ0) is 20.1. The van der Waals surface area contributed by atoms with Crippen LogP contribution in [0, 0.1) is 0 Å². The van der Waals surface area contributed by atoms with Gasteiger partial charge < -0.3 is 10.8 Å². The lowest BCUT2D eigenvalue weighted by atomic mass is 9.99. The van der Waals surface area contributed by atoms with Gasteiger partial charge in [0, 0.05) is 12.1 Å². The molecule has 1 rings (SSSR count). The van der Waals surface area contributed by atoms with Crippen molar-refractivity contribution >= 4 is 5.97 Å². The molecular formula is C22H43NO2. The van der Waals surface area contributed by atoms with E-state index in [0.717, 1.165) is 42.5 Å². The first-order valence-electron chi connectivity index (χ1n) is 10.0. The molecule has 1 aliphatic carbocycles. The van der Waals surface area contributed by atoms with Crippen molar-refractivity contribution in [3.05, 3.63) is 35.6 Å². The summed E-state index contributed by atoms with van der Waals surface area (Å²) in [6.45, 7) is 16.0. The normalized spacial score (nSPS) is 11.9. The van der Waals surface area contributed by atoms with Gasteiger partial charge in [0.2, 0.25) is 0 Å². The molecule has 0 saturated heterocycles. The van der Waals surface area contributed by atoms with E-state index >= 15 is 0 Å². The van der Waals surface area contributed by atoms with Crippen LogP contribution in [0.1, 0.15) is 99.3 Å². The Morgan fingerprint density at radius 1 is 1.04 bits per heavy atom. The highest BCUT2D eigenvalue weighted by Gasteiger charge is 2.04. The molecule has 0 aromatic heterocycles. The Morgan fingerprint density at radius 3 is 1.92 bits per heavy atom. The van der Waals surface area contributed by atoms with E-state index in [2.05, 4.69) is 25.7 Å². The average molecular weight is 354 g/mol. The number of allylic oxidation sites excluding steroid dienone is 3. The lowest BCUT2D eigenvalue weighted by Crippen LogP contribution is -2.04. The van der Waals surface area contributed by atoms with Crippen LogP contribution in [-0.4, -0.2) is 11.1 Å². The molecule has 0 aromatic carbocycles. The maximum atomic E-state index is 10.1. The summed E-state index contributed by atoms with van der Waals surface area (Å²) in [6.07, 6.45) is 13.6. The van der Waals surface area contributed by atoms with Crippen molar-refractivity contribution in [2.75, 3.05) is 0 Å². The highest BCUT2D eigenvalue weighted by molar-refractivity contribution is 5.66. The fraction of sp³-hybridized carbons (Fsp3) is 0.682. The molecule has 3 nitrogen and oxygen atoms in total. The van der Waals surface area contributed by atoms with E-state index in [-0.39, 0.29) is 0 Å². The van der Waals surface area contributed by atoms with Gasteiger partial charge in [0.1, 0.15) is 0 Å². The number of carboxylic acid groups (broad SMARTS) is 1. The Hall–Kier alpha value is -1.51. The first-order valence-corrected chi connectivity index (χ1v) is 10.0. The van der Waals surface area contributed by atoms with Crippen LogP contribution < -0.4 is 5.73 Å². The maximum absolute atomic E-state index is 10.1. The molecule has 1 aliphatic rings. The fourth-order valence-corrected chi connectivity index (χ4v) is 2.17. The van der Waals surface area contributed by atoms with Gasteiger partial charge in [-0.2, -0.15) is 0 Å². The highest BCUT2D eigenvalue weighted by atomic mass is 16.4. The minimum atomic E-state index is -0.666. The van der Waals surface area contributed by atoms with Crippen LogP contribution >= 0.6 is 0 Å². The third kappa shape index (κ3) is 20.4. The molecule has 0 atom stereocenters. The van der Waals surface area contributed by atoms with Crippen LogP contribution in [0.4, 0.5) is 0 Å². The standard InChI is InChI=1S/C9H13N.C9H18O2.2C2H6/c1-7(2)8-5-3-4-6-9(8)10;1-2-3-4-5-6-7-8-9(10)11;2*1-2/h5-6H,1,3-4,10H2,2H3;2-8H2,1H3,(H,10,11);2*1-2H3. The van der Waals surface area contributed by atoms with Gasteiger partial charge >= 0.3 is 5.97 Å². The molecule has 0 unspecified atom stereocenters. The second-order valence-corrected chi connectivity index (χ2v) is 5.55. The summed E-state index contributed by atoms with van der Waals surface area (Å²) < 4.78 is 0. The van der Waals surface area contributed by atoms with Crippen molar-refractivity contribution in [1.82, 2.24) is 0 Å². The third-order valence-electron chi connectivity index (χ3n) is 3.39. The van der Waals surface area contributed by atoms with Crippen molar-refractivity contribution < 1.29 is 9.90 Å².